The van der Waals surface area contributed by atoms with Crippen LogP contribution in [0.25, 0.3) is 0 Å². The summed E-state index contributed by atoms with van der Waals surface area (Å²) in [5.41, 5.74) is 2.80. The van der Waals surface area contributed by atoms with Gasteiger partial charge in [0.2, 0.25) is 0 Å². The third-order valence-corrected chi connectivity index (χ3v) is 4.13. The van der Waals surface area contributed by atoms with Crippen LogP contribution < -0.4 is 0 Å². The van der Waals surface area contributed by atoms with Gasteiger partial charge in [0.1, 0.15) is 0 Å². The van der Waals surface area contributed by atoms with Gasteiger partial charge in [0.15, 0.2) is 0 Å². The zero-order valence-electron chi connectivity index (χ0n) is 9.93. The maximum Gasteiger partial charge on any atom is 0.269 e. The lowest BCUT2D eigenvalue weighted by Crippen LogP contribution is -2.34. The number of nitrogens with zero attached hydrogens (tertiary/aromatic N) is 2. The molecule has 4 heteroatoms. The lowest BCUT2D eigenvalue weighted by atomic mass is 9.96. The Balaban J connectivity index is 1.99. The highest BCUT2D eigenvalue weighted by atomic mass is 16.6. The third kappa shape index (κ3) is 1.63. The van der Waals surface area contributed by atoms with Crippen LogP contribution in [0.4, 0.5) is 5.69 Å². The van der Waals surface area contributed by atoms with Gasteiger partial charge in [0, 0.05) is 25.2 Å². The summed E-state index contributed by atoms with van der Waals surface area (Å²) in [6, 6.07) is 5.41. The quantitative estimate of drug-likeness (QED) is 0.581. The molecule has 1 aromatic rings. The number of benzene rings is 1. The van der Waals surface area contributed by atoms with Crippen molar-refractivity contribution in [2.45, 2.75) is 25.2 Å². The molecule has 0 N–H and O–H groups in total. The van der Waals surface area contributed by atoms with Gasteiger partial charge in [-0.3, -0.25) is 10.1 Å². The summed E-state index contributed by atoms with van der Waals surface area (Å²) in [5.74, 6) is 1.09. The van der Waals surface area contributed by atoms with E-state index in [0.717, 1.165) is 19.6 Å². The van der Waals surface area contributed by atoms with E-state index in [2.05, 4.69) is 11.8 Å². The first-order chi connectivity index (χ1) is 8.19. The zero-order valence-corrected chi connectivity index (χ0v) is 9.93. The molecule has 0 aromatic heterocycles. The van der Waals surface area contributed by atoms with Gasteiger partial charge < -0.3 is 4.90 Å². The van der Waals surface area contributed by atoms with E-state index in [4.69, 9.17) is 0 Å². The first kappa shape index (κ1) is 10.7. The maximum atomic E-state index is 10.8. The fourth-order valence-electron chi connectivity index (χ4n) is 3.30. The molecule has 1 aromatic carbocycles. The van der Waals surface area contributed by atoms with Gasteiger partial charge in [0.05, 0.1) is 4.92 Å². The standard InChI is InChI=1S/C13H16N2O2/c1-2-14-7-9-5-10(8-14)13-6-11(15(16)17)3-4-12(9)13/h3-4,6,9-10H,2,5,7-8H2,1H3. The van der Waals surface area contributed by atoms with Crippen LogP contribution in [0.15, 0.2) is 18.2 Å². The molecule has 1 heterocycles. The molecule has 2 atom stereocenters. The van der Waals surface area contributed by atoms with Gasteiger partial charge in [-0.1, -0.05) is 13.0 Å². The van der Waals surface area contributed by atoms with Crippen LogP contribution in [0.2, 0.25) is 0 Å². The molecule has 2 aliphatic rings. The number of hydrogen-bond donors (Lipinski definition) is 0. The molecular formula is C13H16N2O2. The number of nitro benzene ring substituents is 1. The number of hydrogen-bond acceptors (Lipinski definition) is 3. The highest BCUT2D eigenvalue weighted by Gasteiger charge is 2.37. The van der Waals surface area contributed by atoms with Crippen LogP contribution in [0.3, 0.4) is 0 Å². The third-order valence-electron chi connectivity index (χ3n) is 4.13. The highest BCUT2D eigenvalue weighted by Crippen LogP contribution is 2.46. The summed E-state index contributed by atoms with van der Waals surface area (Å²) in [5, 5.41) is 10.8. The normalized spacial score (nSPS) is 26.9. The monoisotopic (exact) mass is 232 g/mol. The molecule has 2 bridgehead atoms. The summed E-state index contributed by atoms with van der Waals surface area (Å²) in [4.78, 5) is 13.0. The number of likely N-dealkylation sites (N-methyl/N-ethyl adjacent to an activating group) is 1. The van der Waals surface area contributed by atoms with Crippen LogP contribution in [0, 0.1) is 10.1 Å². The Morgan fingerprint density at radius 2 is 2.06 bits per heavy atom. The minimum atomic E-state index is -0.292. The van der Waals surface area contributed by atoms with Crippen molar-refractivity contribution in [2.75, 3.05) is 19.6 Å². The summed E-state index contributed by atoms with van der Waals surface area (Å²) in [7, 11) is 0. The molecule has 1 aliphatic carbocycles. The van der Waals surface area contributed by atoms with Gasteiger partial charge in [-0.25, -0.2) is 0 Å². The summed E-state index contributed by atoms with van der Waals surface area (Å²) >= 11 is 0. The molecule has 1 fully saturated rings. The Bertz CT molecular complexity index is 472. The fourth-order valence-corrected chi connectivity index (χ4v) is 3.30. The van der Waals surface area contributed by atoms with E-state index < -0.39 is 0 Å². The Labute approximate surface area is 100 Å². The molecule has 1 aliphatic heterocycles. The number of nitro groups is 1. The summed E-state index contributed by atoms with van der Waals surface area (Å²) in [6.07, 6.45) is 1.17. The van der Waals surface area contributed by atoms with Crippen molar-refractivity contribution in [3.05, 3.63) is 39.4 Å². The van der Waals surface area contributed by atoms with E-state index in [1.54, 1.807) is 12.1 Å². The van der Waals surface area contributed by atoms with Crippen molar-refractivity contribution in [1.29, 1.82) is 0 Å². The molecule has 2 unspecified atom stereocenters. The first-order valence-corrected chi connectivity index (χ1v) is 6.19. The van der Waals surface area contributed by atoms with Crippen LogP contribution in [-0.4, -0.2) is 29.5 Å². The van der Waals surface area contributed by atoms with Crippen molar-refractivity contribution in [3.63, 3.8) is 0 Å². The number of piperidine rings is 1. The van der Waals surface area contributed by atoms with E-state index in [-0.39, 0.29) is 10.6 Å². The van der Waals surface area contributed by atoms with E-state index in [0.29, 0.717) is 11.8 Å². The smallest absolute Gasteiger partial charge is 0.269 e. The van der Waals surface area contributed by atoms with Crippen LogP contribution in [0.5, 0.6) is 0 Å². The number of rotatable bonds is 2. The van der Waals surface area contributed by atoms with Gasteiger partial charge in [-0.15, -0.1) is 0 Å². The fraction of sp³-hybridized carbons (Fsp3) is 0.538. The maximum absolute atomic E-state index is 10.8. The van der Waals surface area contributed by atoms with Crippen molar-refractivity contribution in [2.24, 2.45) is 0 Å². The molecule has 0 radical (unpaired) electrons. The second-order valence-corrected chi connectivity index (χ2v) is 5.05. The Hall–Kier alpha value is -1.42. The van der Waals surface area contributed by atoms with Gasteiger partial charge >= 0.3 is 0 Å². The average molecular weight is 232 g/mol. The van der Waals surface area contributed by atoms with E-state index in [1.807, 2.05) is 6.07 Å². The first-order valence-electron chi connectivity index (χ1n) is 6.19. The molecule has 0 amide bonds. The molecule has 0 spiro atoms. The van der Waals surface area contributed by atoms with Crippen molar-refractivity contribution in [1.82, 2.24) is 4.90 Å². The lowest BCUT2D eigenvalue weighted by Gasteiger charge is -2.30. The SMILES string of the molecule is CCN1CC2CC(C1)c1cc([N+](=O)[O-])ccc12. The van der Waals surface area contributed by atoms with Crippen LogP contribution >= 0.6 is 0 Å². The highest BCUT2D eigenvalue weighted by molar-refractivity contribution is 5.47. The van der Waals surface area contributed by atoms with E-state index >= 15 is 0 Å². The van der Waals surface area contributed by atoms with Crippen LogP contribution in [0.1, 0.15) is 36.3 Å². The van der Waals surface area contributed by atoms with Gasteiger partial charge in [-0.05, 0) is 35.9 Å². The lowest BCUT2D eigenvalue weighted by molar-refractivity contribution is -0.384. The zero-order chi connectivity index (χ0) is 12.0. The Morgan fingerprint density at radius 3 is 2.71 bits per heavy atom. The Kier molecular flexibility index (Phi) is 2.40. The Morgan fingerprint density at radius 1 is 1.35 bits per heavy atom. The molecular weight excluding hydrogens is 216 g/mol. The number of likely N-dealkylation sites (tertiary alicyclic amines) is 1. The largest absolute Gasteiger partial charge is 0.302 e. The number of non-ortho nitro benzene ring substituents is 1. The molecule has 0 saturated carbocycles. The molecule has 90 valence electrons. The second kappa shape index (κ2) is 3.81. The van der Waals surface area contributed by atoms with Crippen molar-refractivity contribution >= 4 is 5.69 Å². The van der Waals surface area contributed by atoms with E-state index in [9.17, 15) is 10.1 Å². The summed E-state index contributed by atoms with van der Waals surface area (Å²) in [6.45, 7) is 5.42. The van der Waals surface area contributed by atoms with Crippen LogP contribution in [-0.2, 0) is 0 Å². The summed E-state index contributed by atoms with van der Waals surface area (Å²) < 4.78 is 0. The molecule has 4 nitrogen and oxygen atoms in total. The minimum absolute atomic E-state index is 0.236. The number of fused-ring (bicyclic) bond motifs is 5. The minimum Gasteiger partial charge on any atom is -0.302 e. The van der Waals surface area contributed by atoms with Gasteiger partial charge in [0.25, 0.3) is 5.69 Å². The van der Waals surface area contributed by atoms with Gasteiger partial charge in [-0.2, -0.15) is 0 Å². The molecule has 17 heavy (non-hydrogen) atoms. The topological polar surface area (TPSA) is 46.4 Å². The predicted octanol–water partition coefficient (Wildman–Crippen LogP) is 2.50. The molecule has 1 saturated heterocycles. The van der Waals surface area contributed by atoms with Crippen molar-refractivity contribution < 1.29 is 4.92 Å². The second-order valence-electron chi connectivity index (χ2n) is 5.05. The molecule has 3 rings (SSSR count). The predicted molar refractivity (Wildman–Crippen MR) is 65.3 cm³/mol. The van der Waals surface area contributed by atoms with E-state index in [1.165, 1.54) is 17.5 Å². The average Bonchev–Trinajstić information content (AvgIpc) is 2.61. The van der Waals surface area contributed by atoms with Crippen molar-refractivity contribution in [3.8, 4) is 0 Å².